The molecule has 0 heterocycles. The lowest BCUT2D eigenvalue weighted by Crippen LogP contribution is -2.53. The smallest absolute Gasteiger partial charge is 0.169 e. The molecule has 0 aliphatic heterocycles. The van der Waals surface area contributed by atoms with Crippen LogP contribution in [0.1, 0.15) is 387 Å². The van der Waals surface area contributed by atoms with E-state index < -0.39 is 10.1 Å². The van der Waals surface area contributed by atoms with E-state index in [1.807, 2.05) is 0 Å². The Labute approximate surface area is 437 Å². The zero-order chi connectivity index (χ0) is 50.1. The highest BCUT2D eigenvalue weighted by molar-refractivity contribution is 7.85. The summed E-state index contributed by atoms with van der Waals surface area (Å²) in [6.45, 7) is 9.52. The molecule has 0 saturated carbocycles. The Morgan fingerprint density at radius 1 is 0.217 bits per heavy atom. The molecule has 0 unspecified atom stereocenters. The van der Waals surface area contributed by atoms with Crippen molar-refractivity contribution >= 4 is 10.1 Å². The van der Waals surface area contributed by atoms with Crippen LogP contribution in [0.25, 0.3) is 0 Å². The van der Waals surface area contributed by atoms with Gasteiger partial charge in [-0.05, 0) is 38.5 Å². The largest absolute Gasteiger partial charge is 0.744 e. The molecule has 0 rings (SSSR count). The molecule has 0 N–H and O–H groups in total. The number of quaternary nitrogens is 1. The summed E-state index contributed by atoms with van der Waals surface area (Å²) in [6.07, 6.45) is 77.9. The molecule has 0 atom stereocenters. The van der Waals surface area contributed by atoms with Crippen molar-refractivity contribution in [1.82, 2.24) is 0 Å². The van der Waals surface area contributed by atoms with Crippen LogP contribution in [-0.4, -0.2) is 43.0 Å². The van der Waals surface area contributed by atoms with Gasteiger partial charge in [-0.15, -0.1) is 0 Å². The van der Waals surface area contributed by atoms with Gasteiger partial charge in [-0.2, -0.15) is 0 Å². The molecule has 5 heteroatoms. The van der Waals surface area contributed by atoms with Crippen LogP contribution < -0.4 is 0 Å². The van der Waals surface area contributed by atoms with Crippen molar-refractivity contribution in [1.29, 1.82) is 0 Å². The minimum absolute atomic E-state index is 0.190. The van der Waals surface area contributed by atoms with Crippen molar-refractivity contribution in [3.8, 4) is 0 Å². The van der Waals surface area contributed by atoms with Crippen molar-refractivity contribution in [2.24, 2.45) is 0 Å². The third-order valence-corrected chi connectivity index (χ3v) is 17.0. The lowest BCUT2D eigenvalue weighted by molar-refractivity contribution is -0.918. The molecule has 0 fully saturated rings. The first-order chi connectivity index (χ1) is 33.9. The van der Waals surface area contributed by atoms with Crippen LogP contribution >= 0.6 is 0 Å². The lowest BCUT2D eigenvalue weighted by Gasteiger charge is -2.39. The van der Waals surface area contributed by atoms with Gasteiger partial charge in [-0.1, -0.05) is 348 Å². The zero-order valence-corrected chi connectivity index (χ0v) is 49.0. The SMILES string of the molecule is CCCCCCCCCCCCCCCCCCCCC[N+](CCCCCCCCCCCCCCCCCCCCC)(CCCCCCCCCCCCCCCCCCCCC)CS(=O)(=O)[O-]. The first kappa shape index (κ1) is 68.9. The third-order valence-electron chi connectivity index (χ3n) is 16.1. The Balaban J connectivity index is 4.49. The number of hydrogen-bond donors (Lipinski definition) is 0. The van der Waals surface area contributed by atoms with Gasteiger partial charge in [0.25, 0.3) is 0 Å². The van der Waals surface area contributed by atoms with E-state index in [0.717, 1.165) is 38.9 Å². The molecule has 0 radical (unpaired) electrons. The van der Waals surface area contributed by atoms with E-state index in [2.05, 4.69) is 20.8 Å². The van der Waals surface area contributed by atoms with Gasteiger partial charge in [0.1, 0.15) is 10.1 Å². The van der Waals surface area contributed by atoms with Crippen LogP contribution in [0, 0.1) is 0 Å². The van der Waals surface area contributed by atoms with Gasteiger partial charge in [-0.3, -0.25) is 0 Å². The van der Waals surface area contributed by atoms with E-state index in [4.69, 9.17) is 0 Å². The second-order valence-corrected chi connectivity index (χ2v) is 24.7. The normalized spacial score (nSPS) is 12.2. The molecule has 416 valence electrons. The van der Waals surface area contributed by atoms with Gasteiger partial charge >= 0.3 is 0 Å². The molecule has 0 aromatic carbocycles. The van der Waals surface area contributed by atoms with Crippen LogP contribution in [0.15, 0.2) is 0 Å². The summed E-state index contributed by atoms with van der Waals surface area (Å²) in [5.74, 6) is -0.190. The summed E-state index contributed by atoms with van der Waals surface area (Å²) in [7, 11) is -4.28. The van der Waals surface area contributed by atoms with E-state index in [9.17, 15) is 13.0 Å². The molecule has 0 aromatic rings. The Hall–Kier alpha value is -0.130. The van der Waals surface area contributed by atoms with Crippen molar-refractivity contribution in [3.05, 3.63) is 0 Å². The summed E-state index contributed by atoms with van der Waals surface area (Å²) in [4.78, 5) is 0. The molecule has 4 nitrogen and oxygen atoms in total. The van der Waals surface area contributed by atoms with E-state index in [0.29, 0.717) is 4.48 Å². The molecule has 0 aliphatic carbocycles. The minimum atomic E-state index is -4.28. The van der Waals surface area contributed by atoms with Gasteiger partial charge in [0.2, 0.25) is 0 Å². The lowest BCUT2D eigenvalue weighted by atomic mass is 10.0. The summed E-state index contributed by atoms with van der Waals surface area (Å²) in [6, 6.07) is 0. The molecule has 0 saturated heterocycles. The van der Waals surface area contributed by atoms with Gasteiger partial charge in [0.05, 0.1) is 19.6 Å². The fourth-order valence-corrected chi connectivity index (χ4v) is 12.5. The van der Waals surface area contributed by atoms with Gasteiger partial charge in [0, 0.05) is 0 Å². The Kier molecular flexibility index (Phi) is 57.0. The van der Waals surface area contributed by atoms with E-state index >= 15 is 0 Å². The molecule has 0 spiro atoms. The molecule has 0 bridgehead atoms. The second kappa shape index (κ2) is 57.2. The van der Waals surface area contributed by atoms with Gasteiger partial charge < -0.3 is 9.04 Å². The van der Waals surface area contributed by atoms with Crippen molar-refractivity contribution in [3.63, 3.8) is 0 Å². The molecule has 0 amide bonds. The van der Waals surface area contributed by atoms with Crippen molar-refractivity contribution < 1.29 is 17.5 Å². The van der Waals surface area contributed by atoms with E-state index in [1.54, 1.807) is 0 Å². The maximum atomic E-state index is 12.5. The summed E-state index contributed by atoms with van der Waals surface area (Å²) >= 11 is 0. The third kappa shape index (κ3) is 57.0. The first-order valence-corrected chi connectivity index (χ1v) is 34.3. The monoisotopic (exact) mass is 994 g/mol. The van der Waals surface area contributed by atoms with Gasteiger partial charge in [-0.25, -0.2) is 8.42 Å². The van der Waals surface area contributed by atoms with Crippen molar-refractivity contribution in [2.45, 2.75) is 387 Å². The van der Waals surface area contributed by atoms with Crippen LogP contribution in [0.4, 0.5) is 0 Å². The molecular formula is C64H131NO3S. The number of nitrogens with zero attached hydrogens (tertiary/aromatic N) is 1. The number of unbranched alkanes of at least 4 members (excludes halogenated alkanes) is 54. The van der Waals surface area contributed by atoms with Gasteiger partial charge in [0.15, 0.2) is 5.88 Å². The summed E-state index contributed by atoms with van der Waals surface area (Å²) in [5, 5.41) is 0. The minimum Gasteiger partial charge on any atom is -0.744 e. The van der Waals surface area contributed by atoms with Crippen LogP contribution in [0.2, 0.25) is 0 Å². The summed E-state index contributed by atoms with van der Waals surface area (Å²) in [5.41, 5.74) is 0. The highest BCUT2D eigenvalue weighted by Crippen LogP contribution is 2.22. The van der Waals surface area contributed by atoms with Crippen LogP contribution in [-0.2, 0) is 10.1 Å². The zero-order valence-electron chi connectivity index (χ0n) is 48.2. The highest BCUT2D eigenvalue weighted by Gasteiger charge is 2.29. The number of hydrogen-bond acceptors (Lipinski definition) is 3. The molecular weight excluding hydrogens is 863 g/mol. The predicted molar refractivity (Wildman–Crippen MR) is 310 cm³/mol. The fraction of sp³-hybridized carbons (Fsp3) is 1.00. The average molecular weight is 995 g/mol. The fourth-order valence-electron chi connectivity index (χ4n) is 11.4. The second-order valence-electron chi connectivity index (χ2n) is 23.3. The topological polar surface area (TPSA) is 57.2 Å². The molecule has 69 heavy (non-hydrogen) atoms. The average Bonchev–Trinajstić information content (AvgIpc) is 3.33. The predicted octanol–water partition coefficient (Wildman–Crippen LogP) is 22.6. The first-order valence-electron chi connectivity index (χ1n) is 32.7. The quantitative estimate of drug-likeness (QED) is 0.0347. The maximum Gasteiger partial charge on any atom is 0.169 e. The Morgan fingerprint density at radius 3 is 0.449 bits per heavy atom. The Bertz CT molecular complexity index is 945. The van der Waals surface area contributed by atoms with Crippen LogP contribution in [0.5, 0.6) is 0 Å². The van der Waals surface area contributed by atoms with E-state index in [1.165, 1.54) is 347 Å². The van der Waals surface area contributed by atoms with Crippen molar-refractivity contribution in [2.75, 3.05) is 25.5 Å². The maximum absolute atomic E-state index is 12.5. The van der Waals surface area contributed by atoms with Crippen LogP contribution in [0.3, 0.4) is 0 Å². The number of rotatable bonds is 62. The standard InChI is InChI=1S/C64H131NO3S/c1-4-7-10-13-16-19-22-25-28-31-34-37-40-43-46-49-52-55-58-61-65(64-69(66,67)68,62-59-56-53-50-47-44-41-38-35-32-29-26-23-20-17-14-11-8-5-2)63-60-57-54-51-48-45-42-39-36-33-30-27-24-21-18-15-12-9-6-3/h4-64H2,1-3H3. The Morgan fingerprint density at radius 2 is 0.333 bits per heavy atom. The van der Waals surface area contributed by atoms with E-state index in [-0.39, 0.29) is 5.88 Å². The highest BCUT2D eigenvalue weighted by atomic mass is 32.2. The summed E-state index contributed by atoms with van der Waals surface area (Å²) < 4.78 is 38.0. The molecule has 0 aromatic heterocycles. The molecule has 0 aliphatic rings.